The standard InChI is InChI=1S/C15H20N2O2/c1-11(2)16(3)14(18)10-17-9-8-12-6-4-5-7-13(12)15(17)19/h4-7,11H,8-10H2,1-3H3. The smallest absolute Gasteiger partial charge is 0.254 e. The highest BCUT2D eigenvalue weighted by Gasteiger charge is 2.26. The normalized spacial score (nSPS) is 14.5. The number of likely N-dealkylation sites (N-methyl/N-ethyl adjacent to an activating group) is 1. The lowest BCUT2D eigenvalue weighted by Crippen LogP contribution is -2.46. The minimum absolute atomic E-state index is 0.0114. The Labute approximate surface area is 114 Å². The van der Waals surface area contributed by atoms with Crippen LogP contribution in [0.1, 0.15) is 29.8 Å². The van der Waals surface area contributed by atoms with Crippen molar-refractivity contribution in [3.8, 4) is 0 Å². The fraction of sp³-hybridized carbons (Fsp3) is 0.467. The van der Waals surface area contributed by atoms with Crippen LogP contribution in [0.25, 0.3) is 0 Å². The molecule has 0 unspecified atom stereocenters. The third kappa shape index (κ3) is 2.78. The predicted molar refractivity (Wildman–Crippen MR) is 74.0 cm³/mol. The third-order valence-corrected chi connectivity index (χ3v) is 3.68. The summed E-state index contributed by atoms with van der Waals surface area (Å²) in [5.74, 6) is -0.0462. The lowest BCUT2D eigenvalue weighted by molar-refractivity contribution is -0.132. The van der Waals surface area contributed by atoms with E-state index in [1.54, 1.807) is 16.8 Å². The predicted octanol–water partition coefficient (Wildman–Crippen LogP) is 1.55. The molecule has 102 valence electrons. The van der Waals surface area contributed by atoms with Gasteiger partial charge in [0, 0.05) is 25.2 Å². The molecular weight excluding hydrogens is 240 g/mol. The molecule has 0 aliphatic carbocycles. The van der Waals surface area contributed by atoms with Crippen molar-refractivity contribution >= 4 is 11.8 Å². The molecule has 0 saturated carbocycles. The molecule has 2 rings (SSSR count). The van der Waals surface area contributed by atoms with E-state index < -0.39 is 0 Å². The summed E-state index contributed by atoms with van der Waals surface area (Å²) in [4.78, 5) is 27.7. The Morgan fingerprint density at radius 3 is 2.74 bits per heavy atom. The van der Waals surface area contributed by atoms with Crippen LogP contribution in [0, 0.1) is 0 Å². The maximum Gasteiger partial charge on any atom is 0.254 e. The molecule has 0 saturated heterocycles. The van der Waals surface area contributed by atoms with Crippen molar-refractivity contribution in [3.05, 3.63) is 35.4 Å². The van der Waals surface area contributed by atoms with Gasteiger partial charge in [-0.3, -0.25) is 9.59 Å². The summed E-state index contributed by atoms with van der Waals surface area (Å²) in [6.07, 6.45) is 0.820. The molecular formula is C15H20N2O2. The second kappa shape index (κ2) is 5.43. The van der Waals surface area contributed by atoms with Crippen molar-refractivity contribution in [3.63, 3.8) is 0 Å². The fourth-order valence-corrected chi connectivity index (χ4v) is 2.19. The van der Waals surface area contributed by atoms with Crippen molar-refractivity contribution in [2.24, 2.45) is 0 Å². The first-order valence-electron chi connectivity index (χ1n) is 6.63. The summed E-state index contributed by atoms with van der Waals surface area (Å²) < 4.78 is 0. The van der Waals surface area contributed by atoms with Gasteiger partial charge in [0.15, 0.2) is 0 Å². The molecule has 4 nitrogen and oxygen atoms in total. The molecule has 0 spiro atoms. The van der Waals surface area contributed by atoms with Crippen molar-refractivity contribution in [1.82, 2.24) is 9.80 Å². The van der Waals surface area contributed by atoms with E-state index in [0.717, 1.165) is 17.5 Å². The maximum absolute atomic E-state index is 12.3. The van der Waals surface area contributed by atoms with Crippen molar-refractivity contribution < 1.29 is 9.59 Å². The van der Waals surface area contributed by atoms with Gasteiger partial charge in [-0.05, 0) is 31.9 Å². The molecule has 0 N–H and O–H groups in total. The molecule has 1 aliphatic heterocycles. The summed E-state index contributed by atoms with van der Waals surface area (Å²) in [5.41, 5.74) is 1.81. The minimum Gasteiger partial charge on any atom is -0.342 e. The van der Waals surface area contributed by atoms with Crippen LogP contribution in [-0.2, 0) is 11.2 Å². The minimum atomic E-state index is -0.0349. The molecule has 1 aliphatic rings. The lowest BCUT2D eigenvalue weighted by Gasteiger charge is -2.30. The summed E-state index contributed by atoms with van der Waals surface area (Å²) in [6, 6.07) is 7.77. The zero-order valence-electron chi connectivity index (χ0n) is 11.7. The van der Waals surface area contributed by atoms with E-state index in [1.165, 1.54) is 0 Å². The summed E-state index contributed by atoms with van der Waals surface area (Å²) in [6.45, 7) is 4.71. The number of carbonyl (C=O) groups is 2. The van der Waals surface area contributed by atoms with Crippen LogP contribution in [-0.4, -0.2) is 47.8 Å². The van der Waals surface area contributed by atoms with E-state index in [1.807, 2.05) is 38.1 Å². The summed E-state index contributed by atoms with van der Waals surface area (Å²) in [5, 5.41) is 0. The highest BCUT2D eigenvalue weighted by Crippen LogP contribution is 2.18. The first-order valence-corrected chi connectivity index (χ1v) is 6.63. The first-order chi connectivity index (χ1) is 9.00. The molecule has 1 aromatic rings. The largest absolute Gasteiger partial charge is 0.342 e. The molecule has 0 radical (unpaired) electrons. The first kappa shape index (κ1) is 13.6. The van der Waals surface area contributed by atoms with Gasteiger partial charge >= 0.3 is 0 Å². The Bertz CT molecular complexity index is 497. The number of rotatable bonds is 3. The van der Waals surface area contributed by atoms with Crippen LogP contribution in [0.2, 0.25) is 0 Å². The topological polar surface area (TPSA) is 40.6 Å². The number of amides is 2. The van der Waals surface area contributed by atoms with Gasteiger partial charge in [-0.2, -0.15) is 0 Å². The van der Waals surface area contributed by atoms with Crippen LogP contribution in [0.4, 0.5) is 0 Å². The lowest BCUT2D eigenvalue weighted by atomic mass is 9.99. The second-order valence-corrected chi connectivity index (χ2v) is 5.23. The summed E-state index contributed by atoms with van der Waals surface area (Å²) >= 11 is 0. The molecule has 19 heavy (non-hydrogen) atoms. The van der Waals surface area contributed by atoms with Crippen molar-refractivity contribution in [2.45, 2.75) is 26.3 Å². The Morgan fingerprint density at radius 2 is 2.05 bits per heavy atom. The Hall–Kier alpha value is -1.84. The summed E-state index contributed by atoms with van der Waals surface area (Å²) in [7, 11) is 1.77. The highest BCUT2D eigenvalue weighted by molar-refractivity contribution is 5.98. The molecule has 2 amide bonds. The number of benzene rings is 1. The Kier molecular flexibility index (Phi) is 3.88. The monoisotopic (exact) mass is 260 g/mol. The van der Waals surface area contributed by atoms with Gasteiger partial charge in [-0.15, -0.1) is 0 Å². The van der Waals surface area contributed by atoms with Gasteiger partial charge in [0.1, 0.15) is 6.54 Å². The van der Waals surface area contributed by atoms with E-state index >= 15 is 0 Å². The van der Waals surface area contributed by atoms with Crippen molar-refractivity contribution in [2.75, 3.05) is 20.1 Å². The average molecular weight is 260 g/mol. The number of hydrogen-bond acceptors (Lipinski definition) is 2. The van der Waals surface area contributed by atoms with E-state index in [-0.39, 0.29) is 24.4 Å². The SMILES string of the molecule is CC(C)N(C)C(=O)CN1CCc2ccccc2C1=O. The quantitative estimate of drug-likeness (QED) is 0.827. The molecule has 1 aromatic carbocycles. The van der Waals surface area contributed by atoms with E-state index in [9.17, 15) is 9.59 Å². The van der Waals surface area contributed by atoms with Crippen LogP contribution in [0.5, 0.6) is 0 Å². The fourth-order valence-electron chi connectivity index (χ4n) is 2.19. The van der Waals surface area contributed by atoms with Crippen LogP contribution in [0.15, 0.2) is 24.3 Å². The van der Waals surface area contributed by atoms with Gasteiger partial charge in [-0.25, -0.2) is 0 Å². The van der Waals surface area contributed by atoms with Gasteiger partial charge in [-0.1, -0.05) is 18.2 Å². The molecule has 0 atom stereocenters. The second-order valence-electron chi connectivity index (χ2n) is 5.23. The van der Waals surface area contributed by atoms with Crippen LogP contribution < -0.4 is 0 Å². The zero-order valence-corrected chi connectivity index (χ0v) is 11.7. The number of hydrogen-bond donors (Lipinski definition) is 0. The van der Waals surface area contributed by atoms with Gasteiger partial charge in [0.05, 0.1) is 0 Å². The average Bonchev–Trinajstić information content (AvgIpc) is 2.41. The number of nitrogens with zero attached hydrogens (tertiary/aromatic N) is 2. The van der Waals surface area contributed by atoms with E-state index in [0.29, 0.717) is 6.54 Å². The van der Waals surface area contributed by atoms with Crippen LogP contribution >= 0.6 is 0 Å². The molecule has 1 heterocycles. The zero-order chi connectivity index (χ0) is 14.0. The molecule has 0 aromatic heterocycles. The number of carbonyl (C=O) groups excluding carboxylic acids is 2. The van der Waals surface area contributed by atoms with Gasteiger partial charge in [0.25, 0.3) is 5.91 Å². The third-order valence-electron chi connectivity index (χ3n) is 3.68. The molecule has 0 bridgehead atoms. The Balaban J connectivity index is 2.09. The van der Waals surface area contributed by atoms with Gasteiger partial charge in [0.2, 0.25) is 5.91 Å². The van der Waals surface area contributed by atoms with Crippen LogP contribution in [0.3, 0.4) is 0 Å². The van der Waals surface area contributed by atoms with E-state index in [2.05, 4.69) is 0 Å². The number of fused-ring (bicyclic) bond motifs is 1. The highest BCUT2D eigenvalue weighted by atomic mass is 16.2. The molecule has 4 heteroatoms. The molecule has 0 fully saturated rings. The maximum atomic E-state index is 12.3. The van der Waals surface area contributed by atoms with Crippen molar-refractivity contribution in [1.29, 1.82) is 0 Å². The Morgan fingerprint density at radius 1 is 1.37 bits per heavy atom. The van der Waals surface area contributed by atoms with E-state index in [4.69, 9.17) is 0 Å². The van der Waals surface area contributed by atoms with Gasteiger partial charge < -0.3 is 9.80 Å².